The van der Waals surface area contributed by atoms with E-state index in [1.807, 2.05) is 11.9 Å². The molecule has 2 aliphatic rings. The molecule has 1 fully saturated rings. The summed E-state index contributed by atoms with van der Waals surface area (Å²) in [7, 11) is 0. The summed E-state index contributed by atoms with van der Waals surface area (Å²) in [4.78, 5) is 1.40. The number of hydrogen-bond acceptors (Lipinski definition) is 2. The van der Waals surface area contributed by atoms with Gasteiger partial charge in [-0.1, -0.05) is 23.8 Å². The maximum atomic E-state index is 2.47. The van der Waals surface area contributed by atoms with Crippen LogP contribution in [0.15, 0.2) is 34.8 Å². The molecule has 0 atom stereocenters. The van der Waals surface area contributed by atoms with Crippen LogP contribution in [0.2, 0.25) is 0 Å². The highest BCUT2D eigenvalue weighted by Gasteiger charge is 2.13. The topological polar surface area (TPSA) is 3.24 Å². The molecule has 14 heavy (non-hydrogen) atoms. The second kappa shape index (κ2) is 4.85. The second-order valence-corrected chi connectivity index (χ2v) is 5.02. The molecule has 1 nitrogen and oxygen atoms in total. The minimum absolute atomic E-state index is 1.08. The number of allylic oxidation sites excluding steroid dienone is 5. The fourth-order valence-electron chi connectivity index (χ4n) is 1.71. The Bertz CT molecular complexity index is 283. The summed E-state index contributed by atoms with van der Waals surface area (Å²) in [6.45, 7) is 4.66. The Hall–Kier alpha value is -0.470. The average molecular weight is 207 g/mol. The molecule has 0 N–H and O–H groups in total. The normalized spacial score (nSPS) is 23.2. The molecule has 0 saturated carbocycles. The van der Waals surface area contributed by atoms with Crippen LogP contribution in [0.1, 0.15) is 26.2 Å². The lowest BCUT2D eigenvalue weighted by Crippen LogP contribution is -2.08. The van der Waals surface area contributed by atoms with E-state index >= 15 is 0 Å². The zero-order valence-corrected chi connectivity index (χ0v) is 9.52. The highest BCUT2D eigenvalue weighted by Crippen LogP contribution is 2.28. The third-order valence-electron chi connectivity index (χ3n) is 2.57. The number of nitrogens with zero attached hydrogens (tertiary/aromatic N) is 1. The van der Waals surface area contributed by atoms with E-state index < -0.39 is 0 Å². The van der Waals surface area contributed by atoms with Gasteiger partial charge in [-0.05, 0) is 44.2 Å². The molecule has 0 amide bonds. The Morgan fingerprint density at radius 3 is 2.71 bits per heavy atom. The maximum absolute atomic E-state index is 2.47. The van der Waals surface area contributed by atoms with E-state index in [1.54, 1.807) is 0 Å². The van der Waals surface area contributed by atoms with Crippen molar-refractivity contribution in [2.75, 3.05) is 13.1 Å². The SMILES string of the molecule is CC1=CCC=C(SN2CCCC2)C=C1. The summed E-state index contributed by atoms with van der Waals surface area (Å²) in [5.41, 5.74) is 1.37. The van der Waals surface area contributed by atoms with Crippen LogP contribution in [0.3, 0.4) is 0 Å². The predicted octanol–water partition coefficient (Wildman–Crippen LogP) is 3.52. The standard InChI is InChI=1S/C12H17NS/c1-11-5-4-6-12(8-7-11)14-13-9-2-3-10-13/h5-8H,2-4,9-10H2,1H3. The van der Waals surface area contributed by atoms with Gasteiger partial charge in [0.2, 0.25) is 0 Å². The van der Waals surface area contributed by atoms with Gasteiger partial charge >= 0.3 is 0 Å². The van der Waals surface area contributed by atoms with Gasteiger partial charge in [0.25, 0.3) is 0 Å². The van der Waals surface area contributed by atoms with Gasteiger partial charge in [-0.2, -0.15) is 0 Å². The molecule has 1 saturated heterocycles. The van der Waals surface area contributed by atoms with Crippen molar-refractivity contribution < 1.29 is 0 Å². The second-order valence-electron chi connectivity index (χ2n) is 3.85. The molecule has 0 bridgehead atoms. The summed E-state index contributed by atoms with van der Waals surface area (Å²) in [6, 6.07) is 0. The summed E-state index contributed by atoms with van der Waals surface area (Å²) in [5.74, 6) is 0. The third kappa shape index (κ3) is 2.76. The lowest BCUT2D eigenvalue weighted by Gasteiger charge is -2.13. The molecular formula is C12H17NS. The highest BCUT2D eigenvalue weighted by molar-refractivity contribution is 8.01. The van der Waals surface area contributed by atoms with Gasteiger partial charge in [0, 0.05) is 18.0 Å². The monoisotopic (exact) mass is 207 g/mol. The van der Waals surface area contributed by atoms with Crippen LogP contribution < -0.4 is 0 Å². The summed E-state index contributed by atoms with van der Waals surface area (Å²) >= 11 is 1.92. The Morgan fingerprint density at radius 1 is 1.14 bits per heavy atom. The van der Waals surface area contributed by atoms with Crippen LogP contribution in [0.5, 0.6) is 0 Å². The molecule has 0 aromatic rings. The van der Waals surface area contributed by atoms with E-state index in [0.29, 0.717) is 0 Å². The molecule has 76 valence electrons. The van der Waals surface area contributed by atoms with Crippen molar-refractivity contribution >= 4 is 11.9 Å². The van der Waals surface area contributed by atoms with Crippen molar-refractivity contribution in [3.05, 3.63) is 34.8 Å². The van der Waals surface area contributed by atoms with E-state index in [9.17, 15) is 0 Å². The van der Waals surface area contributed by atoms with Crippen molar-refractivity contribution in [2.45, 2.75) is 26.2 Å². The first-order chi connectivity index (χ1) is 6.84. The molecule has 2 rings (SSSR count). The first-order valence-electron chi connectivity index (χ1n) is 5.32. The average Bonchev–Trinajstić information content (AvgIpc) is 2.58. The molecule has 1 aliphatic heterocycles. The van der Waals surface area contributed by atoms with Gasteiger partial charge < -0.3 is 0 Å². The van der Waals surface area contributed by atoms with Crippen molar-refractivity contribution in [2.24, 2.45) is 0 Å². The van der Waals surface area contributed by atoms with Crippen LogP contribution >= 0.6 is 11.9 Å². The van der Waals surface area contributed by atoms with Crippen LogP contribution in [0.4, 0.5) is 0 Å². The van der Waals surface area contributed by atoms with Crippen molar-refractivity contribution in [3.63, 3.8) is 0 Å². The largest absolute Gasteiger partial charge is 0.246 e. The van der Waals surface area contributed by atoms with E-state index in [-0.39, 0.29) is 0 Å². The van der Waals surface area contributed by atoms with Gasteiger partial charge in [-0.15, -0.1) is 0 Å². The molecular weight excluding hydrogens is 190 g/mol. The number of hydrogen-bond donors (Lipinski definition) is 0. The Morgan fingerprint density at radius 2 is 1.93 bits per heavy atom. The van der Waals surface area contributed by atoms with Gasteiger partial charge in [-0.25, -0.2) is 4.31 Å². The molecule has 0 radical (unpaired) electrons. The third-order valence-corrected chi connectivity index (χ3v) is 3.71. The molecule has 1 aliphatic carbocycles. The minimum atomic E-state index is 1.08. The van der Waals surface area contributed by atoms with E-state index in [1.165, 1.54) is 36.4 Å². The first-order valence-corrected chi connectivity index (χ1v) is 6.10. The lowest BCUT2D eigenvalue weighted by atomic mass is 10.2. The molecule has 0 aromatic heterocycles. The van der Waals surface area contributed by atoms with E-state index in [0.717, 1.165) is 6.42 Å². The van der Waals surface area contributed by atoms with Crippen LogP contribution in [-0.4, -0.2) is 17.4 Å². The summed E-state index contributed by atoms with van der Waals surface area (Å²) in [5, 5.41) is 0. The summed E-state index contributed by atoms with van der Waals surface area (Å²) < 4.78 is 2.47. The van der Waals surface area contributed by atoms with Crippen LogP contribution in [0, 0.1) is 0 Å². The van der Waals surface area contributed by atoms with Crippen LogP contribution in [-0.2, 0) is 0 Å². The van der Waals surface area contributed by atoms with Crippen molar-refractivity contribution in [1.29, 1.82) is 0 Å². The minimum Gasteiger partial charge on any atom is -0.246 e. The molecule has 0 spiro atoms. The predicted molar refractivity (Wildman–Crippen MR) is 64.0 cm³/mol. The lowest BCUT2D eigenvalue weighted by molar-refractivity contribution is 0.589. The van der Waals surface area contributed by atoms with E-state index in [4.69, 9.17) is 0 Å². The maximum Gasteiger partial charge on any atom is 0.0193 e. The van der Waals surface area contributed by atoms with Gasteiger partial charge in [0.05, 0.1) is 0 Å². The van der Waals surface area contributed by atoms with Crippen molar-refractivity contribution in [1.82, 2.24) is 4.31 Å². The fourth-order valence-corrected chi connectivity index (χ4v) is 2.75. The molecule has 2 heteroatoms. The quantitative estimate of drug-likeness (QED) is 0.637. The van der Waals surface area contributed by atoms with Crippen LogP contribution in [0.25, 0.3) is 0 Å². The highest BCUT2D eigenvalue weighted by atomic mass is 32.2. The smallest absolute Gasteiger partial charge is 0.0193 e. The van der Waals surface area contributed by atoms with E-state index in [2.05, 4.69) is 35.5 Å². The van der Waals surface area contributed by atoms with Crippen molar-refractivity contribution in [3.8, 4) is 0 Å². The fraction of sp³-hybridized carbons (Fsp3) is 0.500. The molecule has 0 unspecified atom stereocenters. The Balaban J connectivity index is 1.92. The Kier molecular flexibility index (Phi) is 3.49. The Labute approximate surface area is 90.7 Å². The zero-order chi connectivity index (χ0) is 9.80. The van der Waals surface area contributed by atoms with Gasteiger partial charge in [-0.3, -0.25) is 0 Å². The molecule has 0 aromatic carbocycles. The molecule has 1 heterocycles. The summed E-state index contributed by atoms with van der Waals surface area (Å²) in [6.07, 6.45) is 12.8. The van der Waals surface area contributed by atoms with Gasteiger partial charge in [0.15, 0.2) is 0 Å². The zero-order valence-electron chi connectivity index (χ0n) is 8.70. The number of rotatable bonds is 2. The van der Waals surface area contributed by atoms with Gasteiger partial charge in [0.1, 0.15) is 0 Å². The first kappa shape index (κ1) is 10.1.